The first kappa shape index (κ1) is 10.5. The van der Waals surface area contributed by atoms with Crippen LogP contribution in [0.3, 0.4) is 0 Å². The third-order valence-corrected chi connectivity index (χ3v) is 2.49. The van der Waals surface area contributed by atoms with Gasteiger partial charge in [0.1, 0.15) is 11.8 Å². The molecule has 0 unspecified atom stereocenters. The fourth-order valence-electron chi connectivity index (χ4n) is 1.66. The van der Waals surface area contributed by atoms with Crippen LogP contribution in [0.25, 0.3) is 10.8 Å². The number of hydrogen-bond donors (Lipinski definition) is 1. The van der Waals surface area contributed by atoms with Gasteiger partial charge in [-0.25, -0.2) is 0 Å². The van der Waals surface area contributed by atoms with E-state index in [4.69, 9.17) is 15.8 Å². The highest BCUT2D eigenvalue weighted by Crippen LogP contribution is 2.29. The second-order valence-electron chi connectivity index (χ2n) is 3.41. The van der Waals surface area contributed by atoms with Crippen LogP contribution in [-0.2, 0) is 0 Å². The summed E-state index contributed by atoms with van der Waals surface area (Å²) in [4.78, 5) is 0. The fraction of sp³-hybridized carbons (Fsp3) is 0. The van der Waals surface area contributed by atoms with E-state index < -0.39 is 0 Å². The highest BCUT2D eigenvalue weighted by Gasteiger charge is 2.10. The monoisotopic (exact) mass is 219 g/mol. The Kier molecular flexibility index (Phi) is 2.37. The molecular formula is C13H5N3O. The molecule has 4 nitrogen and oxygen atoms in total. The van der Waals surface area contributed by atoms with Crippen LogP contribution in [0.1, 0.15) is 16.7 Å². The number of aromatic hydroxyl groups is 1. The van der Waals surface area contributed by atoms with Gasteiger partial charge >= 0.3 is 0 Å². The molecule has 17 heavy (non-hydrogen) atoms. The molecule has 0 amide bonds. The lowest BCUT2D eigenvalue weighted by Gasteiger charge is -2.04. The van der Waals surface area contributed by atoms with Gasteiger partial charge in [-0.2, -0.15) is 15.8 Å². The summed E-state index contributed by atoms with van der Waals surface area (Å²) in [5.74, 6) is -0.188. The second-order valence-corrected chi connectivity index (χ2v) is 3.41. The lowest BCUT2D eigenvalue weighted by molar-refractivity contribution is 0.474. The number of rotatable bonds is 0. The lowest BCUT2D eigenvalue weighted by Crippen LogP contribution is -1.87. The van der Waals surface area contributed by atoms with E-state index in [1.54, 1.807) is 0 Å². The summed E-state index contributed by atoms with van der Waals surface area (Å²) in [6.07, 6.45) is 0. The summed E-state index contributed by atoms with van der Waals surface area (Å²) < 4.78 is 0. The fourth-order valence-corrected chi connectivity index (χ4v) is 1.66. The summed E-state index contributed by atoms with van der Waals surface area (Å²) in [6.45, 7) is 0. The molecule has 0 heterocycles. The lowest BCUT2D eigenvalue weighted by atomic mass is 9.98. The Hall–Kier alpha value is -3.03. The molecule has 0 aliphatic heterocycles. The second kappa shape index (κ2) is 3.85. The van der Waals surface area contributed by atoms with E-state index in [9.17, 15) is 5.11 Å². The molecule has 2 aromatic carbocycles. The minimum absolute atomic E-state index is 0.0871. The van der Waals surface area contributed by atoms with Crippen LogP contribution in [0, 0.1) is 34.0 Å². The van der Waals surface area contributed by atoms with Gasteiger partial charge < -0.3 is 5.11 Å². The van der Waals surface area contributed by atoms with Crippen molar-refractivity contribution in [1.29, 1.82) is 15.8 Å². The van der Waals surface area contributed by atoms with E-state index in [1.165, 1.54) is 24.3 Å². The summed E-state index contributed by atoms with van der Waals surface area (Å²) in [5, 5.41) is 37.3. The van der Waals surface area contributed by atoms with Crippen LogP contribution < -0.4 is 0 Å². The summed E-state index contributed by atoms with van der Waals surface area (Å²) in [7, 11) is 0. The van der Waals surface area contributed by atoms with E-state index in [1.807, 2.05) is 18.2 Å². The Bertz CT molecular complexity index is 742. The summed E-state index contributed by atoms with van der Waals surface area (Å²) in [5.41, 5.74) is 0.818. The van der Waals surface area contributed by atoms with E-state index in [-0.39, 0.29) is 11.3 Å². The Morgan fingerprint density at radius 3 is 1.71 bits per heavy atom. The topological polar surface area (TPSA) is 91.6 Å². The first-order valence-corrected chi connectivity index (χ1v) is 4.71. The van der Waals surface area contributed by atoms with Crippen molar-refractivity contribution in [2.24, 2.45) is 0 Å². The molecule has 0 bridgehead atoms. The van der Waals surface area contributed by atoms with E-state index in [2.05, 4.69) is 0 Å². The summed E-state index contributed by atoms with van der Waals surface area (Å²) >= 11 is 0. The third kappa shape index (κ3) is 1.53. The molecule has 0 spiro atoms. The minimum Gasteiger partial charge on any atom is -0.507 e. The average Bonchev–Trinajstić information content (AvgIpc) is 2.36. The molecule has 0 radical (unpaired) electrons. The largest absolute Gasteiger partial charge is 0.507 e. The maximum absolute atomic E-state index is 9.58. The molecule has 1 N–H and O–H groups in total. The van der Waals surface area contributed by atoms with Gasteiger partial charge in [-0.3, -0.25) is 0 Å². The zero-order valence-corrected chi connectivity index (χ0v) is 8.60. The zero-order valence-electron chi connectivity index (χ0n) is 8.60. The zero-order chi connectivity index (χ0) is 12.4. The number of phenols is 1. The molecule has 2 rings (SSSR count). The molecule has 2 aromatic rings. The van der Waals surface area contributed by atoms with Crippen molar-refractivity contribution in [3.63, 3.8) is 0 Å². The number of fused-ring (bicyclic) bond motifs is 1. The van der Waals surface area contributed by atoms with Crippen LogP contribution in [0.2, 0.25) is 0 Å². The standard InChI is InChI=1S/C13H5N3O/c14-5-8-1-2-9(6-15)12-4-13(17)10(7-16)3-11(8)12/h1-4,17H. The molecule has 0 aromatic heterocycles. The Morgan fingerprint density at radius 1 is 0.765 bits per heavy atom. The van der Waals surface area contributed by atoms with E-state index >= 15 is 0 Å². The van der Waals surface area contributed by atoms with Gasteiger partial charge in [-0.1, -0.05) is 0 Å². The smallest absolute Gasteiger partial charge is 0.134 e. The summed E-state index contributed by atoms with van der Waals surface area (Å²) in [6, 6.07) is 11.6. The molecule has 0 fully saturated rings. The molecular weight excluding hydrogens is 214 g/mol. The van der Waals surface area contributed by atoms with E-state index in [0.29, 0.717) is 21.9 Å². The average molecular weight is 219 g/mol. The maximum Gasteiger partial charge on any atom is 0.134 e. The van der Waals surface area contributed by atoms with Crippen LogP contribution in [-0.4, -0.2) is 5.11 Å². The van der Waals surface area contributed by atoms with Crippen molar-refractivity contribution in [3.05, 3.63) is 41.0 Å². The van der Waals surface area contributed by atoms with Crippen molar-refractivity contribution in [2.75, 3.05) is 0 Å². The molecule has 0 atom stereocenters. The molecule has 4 heteroatoms. The number of benzene rings is 2. The van der Waals surface area contributed by atoms with Gasteiger partial charge in [0.15, 0.2) is 0 Å². The number of nitriles is 3. The van der Waals surface area contributed by atoms with Crippen molar-refractivity contribution in [1.82, 2.24) is 0 Å². The normalized spacial score (nSPS) is 9.24. The quantitative estimate of drug-likeness (QED) is 0.734. The van der Waals surface area contributed by atoms with Gasteiger partial charge in [0.25, 0.3) is 0 Å². The van der Waals surface area contributed by atoms with E-state index in [0.717, 1.165) is 0 Å². The molecule has 0 aliphatic rings. The van der Waals surface area contributed by atoms with Gasteiger partial charge in [0.05, 0.1) is 28.8 Å². The molecule has 0 aliphatic carbocycles. The van der Waals surface area contributed by atoms with Crippen molar-refractivity contribution >= 4 is 10.8 Å². The van der Waals surface area contributed by atoms with Crippen LogP contribution >= 0.6 is 0 Å². The number of nitrogens with zero attached hydrogens (tertiary/aromatic N) is 3. The van der Waals surface area contributed by atoms with Crippen molar-refractivity contribution in [2.45, 2.75) is 0 Å². The van der Waals surface area contributed by atoms with Crippen molar-refractivity contribution < 1.29 is 5.11 Å². The Morgan fingerprint density at radius 2 is 1.24 bits per heavy atom. The SMILES string of the molecule is N#Cc1cc2c(C#N)ccc(C#N)c2cc1O. The molecule has 78 valence electrons. The first-order chi connectivity index (χ1) is 8.21. The predicted molar refractivity (Wildman–Crippen MR) is 59.8 cm³/mol. The minimum atomic E-state index is -0.188. The third-order valence-electron chi connectivity index (χ3n) is 2.49. The van der Waals surface area contributed by atoms with Crippen LogP contribution in [0.15, 0.2) is 24.3 Å². The van der Waals surface area contributed by atoms with Gasteiger partial charge in [-0.05, 0) is 24.3 Å². The highest BCUT2D eigenvalue weighted by molar-refractivity contribution is 5.94. The van der Waals surface area contributed by atoms with Gasteiger partial charge in [0, 0.05) is 10.8 Å². The number of phenolic OH excluding ortho intramolecular Hbond substituents is 1. The Labute approximate surface area is 97.2 Å². The first-order valence-electron chi connectivity index (χ1n) is 4.71. The maximum atomic E-state index is 9.58. The van der Waals surface area contributed by atoms with Crippen LogP contribution in [0.5, 0.6) is 5.75 Å². The Balaban J connectivity index is 3.00. The van der Waals surface area contributed by atoms with Gasteiger partial charge in [0.2, 0.25) is 0 Å². The molecule has 0 saturated carbocycles. The molecule has 0 saturated heterocycles. The van der Waals surface area contributed by atoms with Crippen molar-refractivity contribution in [3.8, 4) is 24.0 Å². The number of hydrogen-bond acceptors (Lipinski definition) is 4. The van der Waals surface area contributed by atoms with Gasteiger partial charge in [-0.15, -0.1) is 0 Å². The van der Waals surface area contributed by atoms with Crippen LogP contribution in [0.4, 0.5) is 0 Å². The predicted octanol–water partition coefficient (Wildman–Crippen LogP) is 2.16. The highest BCUT2D eigenvalue weighted by atomic mass is 16.3.